The Morgan fingerprint density at radius 1 is 1.08 bits per heavy atom. The summed E-state index contributed by atoms with van der Waals surface area (Å²) in [5.41, 5.74) is 3.56. The van der Waals surface area contributed by atoms with E-state index in [1.54, 1.807) is 36.1 Å². The lowest BCUT2D eigenvalue weighted by atomic mass is 10.2. The minimum atomic E-state index is -0.214. The van der Waals surface area contributed by atoms with Crippen LogP contribution in [-0.4, -0.2) is 30.1 Å². The number of hydrogen-bond donors (Lipinski definition) is 1. The lowest BCUT2D eigenvalue weighted by Gasteiger charge is -2.08. The van der Waals surface area contributed by atoms with Gasteiger partial charge in [0.05, 0.1) is 5.69 Å². The fourth-order valence-electron chi connectivity index (χ4n) is 2.92. The first-order valence-corrected chi connectivity index (χ1v) is 8.30. The average molecular weight is 346 g/mol. The van der Waals surface area contributed by atoms with E-state index in [1.807, 2.05) is 37.4 Å². The molecule has 0 saturated heterocycles. The molecule has 0 aliphatic carbocycles. The molecule has 1 N–H and O–H groups in total. The van der Waals surface area contributed by atoms with E-state index >= 15 is 0 Å². The predicted octanol–water partition coefficient (Wildman–Crippen LogP) is 2.84. The Balaban J connectivity index is 1.52. The third-order valence-corrected chi connectivity index (χ3v) is 4.29. The molecule has 1 amide bonds. The normalized spacial score (nSPS) is 11.0. The van der Waals surface area contributed by atoms with Crippen LogP contribution in [0.15, 0.2) is 55.1 Å². The molecule has 4 rings (SSSR count). The number of fused-ring (bicyclic) bond motifs is 1. The Morgan fingerprint density at radius 2 is 1.88 bits per heavy atom. The Kier molecular flexibility index (Phi) is 3.96. The van der Waals surface area contributed by atoms with Gasteiger partial charge in [-0.15, -0.1) is 0 Å². The highest BCUT2D eigenvalue weighted by atomic mass is 16.1. The molecule has 7 nitrogen and oxygen atoms in total. The highest BCUT2D eigenvalue weighted by Gasteiger charge is 2.18. The van der Waals surface area contributed by atoms with Crippen molar-refractivity contribution in [3.63, 3.8) is 0 Å². The molecule has 0 bridgehead atoms. The minimum absolute atomic E-state index is 0.214. The van der Waals surface area contributed by atoms with E-state index in [0.717, 1.165) is 23.6 Å². The zero-order valence-corrected chi connectivity index (χ0v) is 14.5. The van der Waals surface area contributed by atoms with Crippen molar-refractivity contribution in [2.75, 3.05) is 5.32 Å². The van der Waals surface area contributed by atoms with Gasteiger partial charge < -0.3 is 9.88 Å². The van der Waals surface area contributed by atoms with E-state index in [4.69, 9.17) is 0 Å². The maximum absolute atomic E-state index is 12.7. The van der Waals surface area contributed by atoms with E-state index in [2.05, 4.69) is 25.0 Å². The molecule has 4 aromatic rings. The van der Waals surface area contributed by atoms with Gasteiger partial charge in [0.2, 0.25) is 0 Å². The van der Waals surface area contributed by atoms with E-state index in [1.165, 1.54) is 0 Å². The van der Waals surface area contributed by atoms with Crippen molar-refractivity contribution in [3.05, 3.63) is 77.8 Å². The first-order valence-electron chi connectivity index (χ1n) is 8.30. The summed E-state index contributed by atoms with van der Waals surface area (Å²) in [7, 11) is 0. The fourth-order valence-corrected chi connectivity index (χ4v) is 2.92. The molecule has 0 atom stereocenters. The van der Waals surface area contributed by atoms with Gasteiger partial charge in [-0.1, -0.05) is 12.1 Å². The van der Waals surface area contributed by atoms with Crippen molar-refractivity contribution in [1.29, 1.82) is 0 Å². The monoisotopic (exact) mass is 346 g/mol. The molecule has 0 spiro atoms. The van der Waals surface area contributed by atoms with Gasteiger partial charge in [0.1, 0.15) is 11.4 Å². The smallest absolute Gasteiger partial charge is 0.261 e. The molecule has 0 aliphatic heterocycles. The summed E-state index contributed by atoms with van der Waals surface area (Å²) in [5.74, 6) is 0.757. The molecule has 0 fully saturated rings. The zero-order valence-electron chi connectivity index (χ0n) is 14.5. The largest absolute Gasteiger partial charge is 0.331 e. The molecule has 0 unspecified atom stereocenters. The van der Waals surface area contributed by atoms with Crippen molar-refractivity contribution in [3.8, 4) is 0 Å². The number of benzene rings is 1. The second-order valence-corrected chi connectivity index (χ2v) is 6.10. The fraction of sp³-hybridized carbons (Fsp3) is 0.158. The van der Waals surface area contributed by atoms with E-state index in [9.17, 15) is 4.79 Å². The van der Waals surface area contributed by atoms with Crippen LogP contribution in [0.2, 0.25) is 0 Å². The summed E-state index contributed by atoms with van der Waals surface area (Å²) in [5, 5.41) is 7.25. The topological polar surface area (TPSA) is 77.1 Å². The van der Waals surface area contributed by atoms with Crippen LogP contribution in [0.3, 0.4) is 0 Å². The number of imidazole rings is 1. The van der Waals surface area contributed by atoms with Crippen molar-refractivity contribution in [2.45, 2.75) is 20.4 Å². The highest BCUT2D eigenvalue weighted by Crippen LogP contribution is 2.17. The second kappa shape index (κ2) is 6.44. The van der Waals surface area contributed by atoms with Gasteiger partial charge in [-0.3, -0.25) is 4.79 Å². The number of aromatic nitrogens is 5. The van der Waals surface area contributed by atoms with Crippen molar-refractivity contribution < 1.29 is 4.79 Å². The van der Waals surface area contributed by atoms with E-state index in [0.29, 0.717) is 16.9 Å². The van der Waals surface area contributed by atoms with Crippen LogP contribution in [0.1, 0.15) is 27.4 Å². The summed E-state index contributed by atoms with van der Waals surface area (Å²) in [4.78, 5) is 21.2. The Labute approximate surface area is 150 Å². The maximum Gasteiger partial charge on any atom is 0.261 e. The third kappa shape index (κ3) is 2.95. The number of hydrogen-bond acceptors (Lipinski definition) is 4. The zero-order chi connectivity index (χ0) is 18.1. The summed E-state index contributed by atoms with van der Waals surface area (Å²) in [6.45, 7) is 4.53. The molecule has 3 aromatic heterocycles. The van der Waals surface area contributed by atoms with Gasteiger partial charge in [-0.25, -0.2) is 14.5 Å². The quantitative estimate of drug-likeness (QED) is 0.616. The molecule has 0 radical (unpaired) electrons. The lowest BCUT2D eigenvalue weighted by Crippen LogP contribution is -2.13. The predicted molar refractivity (Wildman–Crippen MR) is 98.2 cm³/mol. The van der Waals surface area contributed by atoms with E-state index in [-0.39, 0.29) is 5.91 Å². The number of aryl methyl sites for hydroxylation is 2. The summed E-state index contributed by atoms with van der Waals surface area (Å²) < 4.78 is 3.68. The summed E-state index contributed by atoms with van der Waals surface area (Å²) in [6.07, 6.45) is 7.17. The molecular formula is C19H18N6O. The molecule has 7 heteroatoms. The first kappa shape index (κ1) is 16.0. The number of carbonyl (C=O) groups is 1. The molecular weight excluding hydrogens is 328 g/mol. The third-order valence-electron chi connectivity index (χ3n) is 4.29. The number of anilines is 1. The van der Waals surface area contributed by atoms with Crippen LogP contribution < -0.4 is 5.32 Å². The van der Waals surface area contributed by atoms with Gasteiger partial charge >= 0.3 is 0 Å². The Hall–Kier alpha value is -3.48. The second-order valence-electron chi connectivity index (χ2n) is 6.10. The van der Waals surface area contributed by atoms with Crippen LogP contribution >= 0.6 is 0 Å². The standard InChI is InChI=1S/C19H18N6O/c1-13-17(18-21-8-3-10-25(18)23-13)19(26)22-16-6-4-15(5-7-16)12-24-11-9-20-14(24)2/h3-11H,12H2,1-2H3,(H,22,26). The van der Waals surface area contributed by atoms with Crippen LogP contribution in [0.4, 0.5) is 5.69 Å². The molecule has 0 saturated carbocycles. The summed E-state index contributed by atoms with van der Waals surface area (Å²) in [6, 6.07) is 9.57. The van der Waals surface area contributed by atoms with Crippen molar-refractivity contribution >= 4 is 17.2 Å². The SMILES string of the molecule is Cc1nn2cccnc2c1C(=O)Nc1ccc(Cn2ccnc2C)cc1. The van der Waals surface area contributed by atoms with Crippen molar-refractivity contribution in [1.82, 2.24) is 24.1 Å². The average Bonchev–Trinajstić information content (AvgIpc) is 3.18. The lowest BCUT2D eigenvalue weighted by molar-refractivity contribution is 0.102. The number of nitrogens with one attached hydrogen (secondary N) is 1. The first-order chi connectivity index (χ1) is 12.6. The molecule has 130 valence electrons. The van der Waals surface area contributed by atoms with Gasteiger partial charge in [-0.05, 0) is 37.6 Å². The van der Waals surface area contributed by atoms with Gasteiger partial charge in [-0.2, -0.15) is 5.10 Å². The number of rotatable bonds is 4. The van der Waals surface area contributed by atoms with Crippen LogP contribution in [0, 0.1) is 13.8 Å². The van der Waals surface area contributed by atoms with Crippen molar-refractivity contribution in [2.24, 2.45) is 0 Å². The molecule has 3 heterocycles. The van der Waals surface area contributed by atoms with Crippen LogP contribution in [0.5, 0.6) is 0 Å². The maximum atomic E-state index is 12.7. The number of carbonyl (C=O) groups excluding carboxylic acids is 1. The van der Waals surface area contributed by atoms with Gasteiger partial charge in [0.25, 0.3) is 5.91 Å². The number of amides is 1. The molecule has 0 aliphatic rings. The Bertz CT molecular complexity index is 1080. The molecule has 26 heavy (non-hydrogen) atoms. The summed E-state index contributed by atoms with van der Waals surface area (Å²) >= 11 is 0. The minimum Gasteiger partial charge on any atom is -0.331 e. The van der Waals surface area contributed by atoms with Crippen LogP contribution in [0.25, 0.3) is 5.65 Å². The van der Waals surface area contributed by atoms with E-state index < -0.39 is 0 Å². The van der Waals surface area contributed by atoms with Gasteiger partial charge in [0, 0.05) is 37.0 Å². The highest BCUT2D eigenvalue weighted by molar-refractivity contribution is 6.09. The Morgan fingerprint density at radius 3 is 2.62 bits per heavy atom. The van der Waals surface area contributed by atoms with Gasteiger partial charge in [0.15, 0.2) is 5.65 Å². The number of nitrogens with zero attached hydrogens (tertiary/aromatic N) is 5. The van der Waals surface area contributed by atoms with Crippen LogP contribution in [-0.2, 0) is 6.54 Å². The molecule has 1 aromatic carbocycles.